The lowest BCUT2D eigenvalue weighted by Gasteiger charge is -2.51. The normalized spacial score (nSPS) is 26.3. The minimum absolute atomic E-state index is 0.0326. The Kier molecular flexibility index (Phi) is 4.72. The second-order valence-corrected chi connectivity index (χ2v) is 11.4. The first-order valence-electron chi connectivity index (χ1n) is 13.7. The van der Waals surface area contributed by atoms with Gasteiger partial charge in [-0.2, -0.15) is 0 Å². The number of carbonyl (C=O) groups excluding carboxylic acids is 2. The van der Waals surface area contributed by atoms with E-state index in [0.717, 1.165) is 49.9 Å². The van der Waals surface area contributed by atoms with Crippen molar-refractivity contribution in [2.45, 2.75) is 50.4 Å². The Hall–Kier alpha value is -4.14. The summed E-state index contributed by atoms with van der Waals surface area (Å²) in [4.78, 5) is 30.9. The number of amides is 2. The standard InChI is InChI=1S/C32H30N4O4/c1-17-14-20-26-21(16-33-30(26)37)25-19-12-8-9-13-22(19)36-28(25)27(20)35(17)24-15-23(29(39-4)32(36,2)40-24)34(3)31(38)18-10-6-5-7-11-18/h5-13,23-24,29H,1,14-16H2,2-4H3,(H,33,37)/t23?,24?,29?,32-/m0/s1. The highest BCUT2D eigenvalue weighted by Crippen LogP contribution is 2.55. The molecule has 3 aromatic carbocycles. The van der Waals surface area contributed by atoms with Crippen molar-refractivity contribution in [2.24, 2.45) is 0 Å². The molecule has 0 radical (unpaired) electrons. The average Bonchev–Trinajstić information content (AvgIpc) is 3.61. The van der Waals surface area contributed by atoms with Crippen LogP contribution in [-0.2, 0) is 28.2 Å². The van der Waals surface area contributed by atoms with Crippen LogP contribution < -0.4 is 10.2 Å². The zero-order valence-corrected chi connectivity index (χ0v) is 22.7. The van der Waals surface area contributed by atoms with Crippen LogP contribution in [0.15, 0.2) is 66.9 Å². The van der Waals surface area contributed by atoms with Gasteiger partial charge in [-0.15, -0.1) is 0 Å². The highest BCUT2D eigenvalue weighted by molar-refractivity contribution is 6.20. The fourth-order valence-electron chi connectivity index (χ4n) is 7.82. The number of hydrogen-bond acceptors (Lipinski definition) is 5. The molecule has 5 heterocycles. The number of carbonyl (C=O) groups is 2. The second kappa shape index (κ2) is 7.96. The van der Waals surface area contributed by atoms with Gasteiger partial charge in [-0.25, -0.2) is 0 Å². The molecule has 40 heavy (non-hydrogen) atoms. The van der Waals surface area contributed by atoms with Gasteiger partial charge in [-0.1, -0.05) is 43.0 Å². The van der Waals surface area contributed by atoms with Crippen molar-refractivity contribution in [3.05, 3.63) is 89.1 Å². The fourth-order valence-corrected chi connectivity index (χ4v) is 7.82. The first-order valence-corrected chi connectivity index (χ1v) is 13.7. The van der Waals surface area contributed by atoms with Crippen LogP contribution in [0, 0.1) is 0 Å². The summed E-state index contributed by atoms with van der Waals surface area (Å²) in [5, 5.41) is 5.22. The number of aromatic nitrogens is 1. The summed E-state index contributed by atoms with van der Waals surface area (Å²) in [6.45, 7) is 7.02. The Morgan fingerprint density at radius 3 is 2.67 bits per heavy atom. The zero-order valence-electron chi connectivity index (χ0n) is 22.7. The van der Waals surface area contributed by atoms with Crippen molar-refractivity contribution in [2.75, 3.05) is 19.1 Å². The van der Waals surface area contributed by atoms with Gasteiger partial charge in [0.2, 0.25) is 0 Å². The van der Waals surface area contributed by atoms with Gasteiger partial charge in [0.05, 0.1) is 28.3 Å². The molecule has 4 aromatic rings. The van der Waals surface area contributed by atoms with Crippen LogP contribution in [0.2, 0.25) is 0 Å². The number of nitrogens with one attached hydrogen (secondary N) is 1. The van der Waals surface area contributed by atoms with Gasteiger partial charge in [-0.3, -0.25) is 9.59 Å². The molecule has 8 heteroatoms. The molecule has 0 saturated carbocycles. The number of para-hydroxylation sites is 1. The van der Waals surface area contributed by atoms with Crippen LogP contribution in [0.3, 0.4) is 0 Å². The third-order valence-electron chi connectivity index (χ3n) is 9.42. The van der Waals surface area contributed by atoms with Crippen molar-refractivity contribution in [3.63, 3.8) is 0 Å². The smallest absolute Gasteiger partial charge is 0.253 e. The summed E-state index contributed by atoms with van der Waals surface area (Å²) >= 11 is 0. The van der Waals surface area contributed by atoms with Crippen molar-refractivity contribution in [1.29, 1.82) is 0 Å². The lowest BCUT2D eigenvalue weighted by atomic mass is 9.91. The van der Waals surface area contributed by atoms with Crippen LogP contribution in [0.5, 0.6) is 0 Å². The number of rotatable bonds is 3. The van der Waals surface area contributed by atoms with E-state index >= 15 is 0 Å². The maximum Gasteiger partial charge on any atom is 0.253 e. The molecule has 1 aromatic heterocycles. The van der Waals surface area contributed by atoms with Gasteiger partial charge in [0, 0.05) is 55.6 Å². The van der Waals surface area contributed by atoms with E-state index in [0.29, 0.717) is 24.9 Å². The molecule has 4 aliphatic rings. The number of hydrogen-bond donors (Lipinski definition) is 1. The monoisotopic (exact) mass is 534 g/mol. The van der Waals surface area contributed by atoms with Gasteiger partial charge in [0.15, 0.2) is 5.72 Å². The molecule has 8 nitrogen and oxygen atoms in total. The number of fused-ring (bicyclic) bond motifs is 10. The third-order valence-corrected chi connectivity index (χ3v) is 9.42. The highest BCUT2D eigenvalue weighted by atomic mass is 16.6. The van der Waals surface area contributed by atoms with E-state index in [1.165, 1.54) is 0 Å². The summed E-state index contributed by atoms with van der Waals surface area (Å²) in [6, 6.07) is 17.4. The van der Waals surface area contributed by atoms with Gasteiger partial charge < -0.3 is 29.2 Å². The third kappa shape index (κ3) is 2.77. The molecular formula is C32H30N4O4. The van der Waals surface area contributed by atoms with Crippen LogP contribution >= 0.6 is 0 Å². The molecule has 0 aliphatic carbocycles. The number of likely N-dealkylation sites (N-methyl/N-ethyl adjacent to an activating group) is 1. The molecule has 1 N–H and O–H groups in total. The van der Waals surface area contributed by atoms with E-state index in [1.807, 2.05) is 54.4 Å². The number of benzene rings is 3. The molecule has 202 valence electrons. The summed E-state index contributed by atoms with van der Waals surface area (Å²) < 4.78 is 15.6. The Bertz CT molecular complexity index is 1790. The van der Waals surface area contributed by atoms with Gasteiger partial charge in [0.25, 0.3) is 11.8 Å². The zero-order chi connectivity index (χ0) is 27.5. The summed E-state index contributed by atoms with van der Waals surface area (Å²) in [6.07, 6.45) is 0.230. The quantitative estimate of drug-likeness (QED) is 0.419. The molecule has 1 saturated heterocycles. The van der Waals surface area contributed by atoms with Gasteiger partial charge >= 0.3 is 0 Å². The molecule has 4 aliphatic heterocycles. The van der Waals surface area contributed by atoms with E-state index in [1.54, 1.807) is 7.11 Å². The lowest BCUT2D eigenvalue weighted by Crippen LogP contribution is -2.64. The van der Waals surface area contributed by atoms with E-state index < -0.39 is 18.1 Å². The molecule has 4 atom stereocenters. The number of methoxy groups -OCH3 is 1. The molecule has 0 spiro atoms. The molecule has 8 rings (SSSR count). The Morgan fingerprint density at radius 2 is 1.90 bits per heavy atom. The minimum Gasteiger partial charge on any atom is -0.374 e. The number of ether oxygens (including phenoxy) is 2. The minimum atomic E-state index is -0.961. The van der Waals surface area contributed by atoms with Crippen molar-refractivity contribution in [1.82, 2.24) is 14.8 Å². The van der Waals surface area contributed by atoms with Crippen molar-refractivity contribution in [3.8, 4) is 0 Å². The predicted molar refractivity (Wildman–Crippen MR) is 152 cm³/mol. The van der Waals surface area contributed by atoms with Crippen LogP contribution in [0.25, 0.3) is 21.8 Å². The summed E-state index contributed by atoms with van der Waals surface area (Å²) in [5.41, 5.74) is 6.41. The second-order valence-electron chi connectivity index (χ2n) is 11.4. The average molecular weight is 535 g/mol. The van der Waals surface area contributed by atoms with Crippen LogP contribution in [0.4, 0.5) is 5.69 Å². The van der Waals surface area contributed by atoms with E-state index in [-0.39, 0.29) is 17.9 Å². The van der Waals surface area contributed by atoms with Crippen LogP contribution in [0.1, 0.15) is 45.2 Å². The highest BCUT2D eigenvalue weighted by Gasteiger charge is 2.57. The first-order chi connectivity index (χ1) is 19.3. The summed E-state index contributed by atoms with van der Waals surface area (Å²) in [5.74, 6) is -0.0960. The maximum atomic E-state index is 13.7. The number of nitrogens with zero attached hydrogens (tertiary/aromatic N) is 3. The van der Waals surface area contributed by atoms with E-state index in [9.17, 15) is 9.59 Å². The maximum absolute atomic E-state index is 13.7. The Morgan fingerprint density at radius 1 is 1.15 bits per heavy atom. The molecule has 1 fully saturated rings. The molecule has 2 bridgehead atoms. The SMILES string of the molecule is C=C1Cc2c3c(c4c5ccccc5n5c4c2N1C1CC(N(C)C(=O)c2ccccc2)C(OC)[C@]5(C)O1)CNC3=O. The summed E-state index contributed by atoms with van der Waals surface area (Å²) in [7, 11) is 3.55. The number of anilines is 1. The number of allylic oxidation sites excluding steroid dienone is 1. The topological polar surface area (TPSA) is 76.0 Å². The Labute approximate surface area is 231 Å². The molecular weight excluding hydrogens is 504 g/mol. The lowest BCUT2D eigenvalue weighted by molar-refractivity contribution is -0.245. The van der Waals surface area contributed by atoms with Crippen LogP contribution in [-0.4, -0.2) is 53.8 Å². The van der Waals surface area contributed by atoms with Crippen molar-refractivity contribution >= 4 is 39.3 Å². The Balaban J connectivity index is 1.43. The van der Waals surface area contributed by atoms with E-state index in [2.05, 4.69) is 40.4 Å². The predicted octanol–water partition coefficient (Wildman–Crippen LogP) is 4.50. The van der Waals surface area contributed by atoms with Crippen molar-refractivity contribution < 1.29 is 19.1 Å². The first kappa shape index (κ1) is 23.7. The van der Waals surface area contributed by atoms with E-state index in [4.69, 9.17) is 9.47 Å². The molecule has 3 unspecified atom stereocenters. The molecule has 2 amide bonds. The van der Waals surface area contributed by atoms with Gasteiger partial charge in [0.1, 0.15) is 12.3 Å². The largest absolute Gasteiger partial charge is 0.374 e. The van der Waals surface area contributed by atoms with Gasteiger partial charge in [-0.05, 0) is 36.2 Å². The fraction of sp³-hybridized carbons (Fsp3) is 0.312.